The number of methoxy groups -OCH3 is 1. The highest BCUT2D eigenvalue weighted by molar-refractivity contribution is 5.80. The molecule has 0 aromatic heterocycles. The first kappa shape index (κ1) is 20.7. The Kier molecular flexibility index (Phi) is 6.58. The van der Waals surface area contributed by atoms with Crippen LogP contribution >= 0.6 is 0 Å². The molecule has 2 atom stereocenters. The third kappa shape index (κ3) is 4.96. The van der Waals surface area contributed by atoms with Crippen molar-refractivity contribution in [3.63, 3.8) is 0 Å². The average molecular weight is 410 g/mol. The molecule has 2 aromatic rings. The molecule has 1 unspecified atom stereocenters. The summed E-state index contributed by atoms with van der Waals surface area (Å²) in [6, 6.07) is 16.8. The lowest BCUT2D eigenvalue weighted by molar-refractivity contribution is -0.131. The summed E-state index contributed by atoms with van der Waals surface area (Å²) >= 11 is 0. The molecule has 1 aliphatic heterocycles. The zero-order valence-electron chi connectivity index (χ0n) is 17.8. The summed E-state index contributed by atoms with van der Waals surface area (Å²) in [7, 11) is 1.56. The van der Waals surface area contributed by atoms with Crippen molar-refractivity contribution in [2.24, 2.45) is 0 Å². The van der Waals surface area contributed by atoms with Crippen molar-refractivity contribution in [2.45, 2.75) is 69.8 Å². The van der Waals surface area contributed by atoms with Crippen LogP contribution in [0.1, 0.15) is 56.3 Å². The molecular weight excluding hydrogens is 378 g/mol. The highest BCUT2D eigenvalue weighted by Gasteiger charge is 2.26. The number of amides is 1. The summed E-state index contributed by atoms with van der Waals surface area (Å²) in [5.74, 6) is 1.84. The van der Waals surface area contributed by atoms with Crippen molar-refractivity contribution in [3.05, 3.63) is 59.7 Å². The van der Waals surface area contributed by atoms with Gasteiger partial charge in [-0.25, -0.2) is 0 Å². The number of ether oxygens (including phenoxy) is 3. The first-order chi connectivity index (χ1) is 14.6. The molecule has 1 fully saturated rings. The van der Waals surface area contributed by atoms with E-state index in [-0.39, 0.29) is 24.2 Å². The molecule has 5 nitrogen and oxygen atoms in total. The van der Waals surface area contributed by atoms with E-state index in [1.807, 2.05) is 18.2 Å². The van der Waals surface area contributed by atoms with Crippen molar-refractivity contribution in [2.75, 3.05) is 7.11 Å². The molecule has 0 bridgehead atoms. The maximum Gasteiger partial charge on any atom is 0.249 e. The van der Waals surface area contributed by atoms with Gasteiger partial charge in [-0.3, -0.25) is 4.79 Å². The number of hydrogen-bond acceptors (Lipinski definition) is 4. The van der Waals surface area contributed by atoms with Crippen LogP contribution in [0.3, 0.4) is 0 Å². The van der Waals surface area contributed by atoms with Crippen LogP contribution in [0.15, 0.2) is 48.5 Å². The molecule has 30 heavy (non-hydrogen) atoms. The second-order valence-corrected chi connectivity index (χ2v) is 8.30. The molecule has 1 amide bonds. The number of carbonyl (C=O) groups is 1. The molecule has 160 valence electrons. The minimum Gasteiger partial charge on any atom is -0.490 e. The molecule has 2 aromatic carbocycles. The Morgan fingerprint density at radius 1 is 1.07 bits per heavy atom. The van der Waals surface area contributed by atoms with Gasteiger partial charge in [0.25, 0.3) is 0 Å². The van der Waals surface area contributed by atoms with Gasteiger partial charge in [0.05, 0.1) is 6.10 Å². The largest absolute Gasteiger partial charge is 0.490 e. The monoisotopic (exact) mass is 409 g/mol. The van der Waals surface area contributed by atoms with Crippen molar-refractivity contribution in [1.82, 2.24) is 5.32 Å². The van der Waals surface area contributed by atoms with E-state index in [4.69, 9.17) is 14.2 Å². The Morgan fingerprint density at radius 2 is 1.83 bits per heavy atom. The fourth-order valence-electron chi connectivity index (χ4n) is 4.28. The van der Waals surface area contributed by atoms with E-state index in [2.05, 4.69) is 35.6 Å². The predicted molar refractivity (Wildman–Crippen MR) is 116 cm³/mol. The van der Waals surface area contributed by atoms with E-state index in [0.717, 1.165) is 50.0 Å². The van der Waals surface area contributed by atoms with Crippen LogP contribution < -0.4 is 14.8 Å². The van der Waals surface area contributed by atoms with Gasteiger partial charge in [-0.15, -0.1) is 0 Å². The summed E-state index contributed by atoms with van der Waals surface area (Å²) in [6.45, 7) is 1.77. The topological polar surface area (TPSA) is 56.8 Å². The SMILES string of the molecule is CO[C@H](C)C(=O)NC1CCC(Oc2ccc3c(c2)CCC(c2ccccc2)O3)CC1. The first-order valence-corrected chi connectivity index (χ1v) is 11.0. The van der Waals surface area contributed by atoms with Crippen molar-refractivity contribution < 1.29 is 19.0 Å². The number of hydrogen-bond donors (Lipinski definition) is 1. The van der Waals surface area contributed by atoms with Gasteiger partial charge in [0.1, 0.15) is 23.7 Å². The summed E-state index contributed by atoms with van der Waals surface area (Å²) in [6.07, 6.45) is 5.62. The number of carbonyl (C=O) groups excluding carboxylic acids is 1. The highest BCUT2D eigenvalue weighted by atomic mass is 16.5. The smallest absolute Gasteiger partial charge is 0.249 e. The lowest BCUT2D eigenvalue weighted by atomic mass is 9.92. The van der Waals surface area contributed by atoms with Crippen molar-refractivity contribution >= 4 is 5.91 Å². The summed E-state index contributed by atoms with van der Waals surface area (Å²) < 4.78 is 17.6. The Labute approximate surface area is 178 Å². The van der Waals surface area contributed by atoms with Gasteiger partial charge >= 0.3 is 0 Å². The van der Waals surface area contributed by atoms with Gasteiger partial charge in [-0.05, 0) is 74.8 Å². The standard InChI is InChI=1S/C25H31NO4/c1-17(28-2)25(27)26-20-9-11-21(12-10-20)29-22-13-15-24-19(16-22)8-14-23(30-24)18-6-4-3-5-7-18/h3-7,13,15-17,20-21,23H,8-12,14H2,1-2H3,(H,26,27)/t17-,20?,21?,23?/m1/s1. The number of aryl methyl sites for hydroxylation is 1. The highest BCUT2D eigenvalue weighted by Crippen LogP contribution is 2.37. The third-order valence-electron chi connectivity index (χ3n) is 6.19. The zero-order chi connectivity index (χ0) is 20.9. The second kappa shape index (κ2) is 9.52. The Bertz CT molecular complexity index is 845. The zero-order valence-corrected chi connectivity index (χ0v) is 17.8. The molecule has 5 heteroatoms. The van der Waals surface area contributed by atoms with Gasteiger partial charge in [0.2, 0.25) is 5.91 Å². The second-order valence-electron chi connectivity index (χ2n) is 8.30. The molecule has 4 rings (SSSR count). The molecule has 0 spiro atoms. The number of rotatable bonds is 6. The lowest BCUT2D eigenvalue weighted by Crippen LogP contribution is -2.43. The molecule has 1 saturated carbocycles. The van der Waals surface area contributed by atoms with Gasteiger partial charge in [0.15, 0.2) is 0 Å². The minimum absolute atomic E-state index is 0.0367. The van der Waals surface area contributed by atoms with Gasteiger partial charge < -0.3 is 19.5 Å². The van der Waals surface area contributed by atoms with E-state index in [0.29, 0.717) is 0 Å². The Morgan fingerprint density at radius 3 is 2.57 bits per heavy atom. The lowest BCUT2D eigenvalue weighted by Gasteiger charge is -2.31. The van der Waals surface area contributed by atoms with Crippen LogP contribution in [-0.4, -0.2) is 31.3 Å². The van der Waals surface area contributed by atoms with Crippen LogP contribution in [-0.2, 0) is 16.0 Å². The summed E-state index contributed by atoms with van der Waals surface area (Å²) in [5, 5.41) is 3.08. The molecule has 0 radical (unpaired) electrons. The van der Waals surface area contributed by atoms with E-state index in [9.17, 15) is 4.79 Å². The van der Waals surface area contributed by atoms with Crippen molar-refractivity contribution in [1.29, 1.82) is 0 Å². The molecule has 1 aliphatic carbocycles. The van der Waals surface area contributed by atoms with Crippen LogP contribution in [0, 0.1) is 0 Å². The van der Waals surface area contributed by atoms with Crippen LogP contribution in [0.2, 0.25) is 0 Å². The number of benzene rings is 2. The van der Waals surface area contributed by atoms with Crippen LogP contribution in [0.25, 0.3) is 0 Å². The fraction of sp³-hybridized carbons (Fsp3) is 0.480. The van der Waals surface area contributed by atoms with Gasteiger partial charge in [-0.1, -0.05) is 30.3 Å². The predicted octanol–water partition coefficient (Wildman–Crippen LogP) is 4.59. The number of fused-ring (bicyclic) bond motifs is 1. The molecule has 2 aliphatic rings. The van der Waals surface area contributed by atoms with Crippen molar-refractivity contribution in [3.8, 4) is 11.5 Å². The third-order valence-corrected chi connectivity index (χ3v) is 6.19. The van der Waals surface area contributed by atoms with Gasteiger partial charge in [-0.2, -0.15) is 0 Å². The van der Waals surface area contributed by atoms with E-state index < -0.39 is 6.10 Å². The van der Waals surface area contributed by atoms with E-state index >= 15 is 0 Å². The average Bonchev–Trinajstić information content (AvgIpc) is 2.80. The first-order valence-electron chi connectivity index (χ1n) is 11.0. The normalized spacial score (nSPS) is 24.3. The maximum atomic E-state index is 12.0. The molecular formula is C25H31NO4. The Hall–Kier alpha value is -2.53. The summed E-state index contributed by atoms with van der Waals surface area (Å²) in [5.41, 5.74) is 2.45. The maximum absolute atomic E-state index is 12.0. The summed E-state index contributed by atoms with van der Waals surface area (Å²) in [4.78, 5) is 12.0. The van der Waals surface area contributed by atoms with Crippen LogP contribution in [0.5, 0.6) is 11.5 Å². The molecule has 0 saturated heterocycles. The fourth-order valence-corrected chi connectivity index (χ4v) is 4.28. The minimum atomic E-state index is -0.404. The van der Waals surface area contributed by atoms with Crippen LogP contribution in [0.4, 0.5) is 0 Å². The molecule has 1 N–H and O–H groups in total. The van der Waals surface area contributed by atoms with E-state index in [1.54, 1.807) is 14.0 Å². The quantitative estimate of drug-likeness (QED) is 0.758. The number of nitrogens with one attached hydrogen (secondary N) is 1. The molecule has 1 heterocycles. The van der Waals surface area contributed by atoms with E-state index in [1.165, 1.54) is 11.1 Å². The van der Waals surface area contributed by atoms with Gasteiger partial charge in [0, 0.05) is 13.2 Å². The Balaban J connectivity index is 1.29.